The van der Waals surface area contributed by atoms with E-state index in [4.69, 9.17) is 0 Å². The van der Waals surface area contributed by atoms with Crippen molar-refractivity contribution in [3.63, 3.8) is 0 Å². The Morgan fingerprint density at radius 1 is 1.09 bits per heavy atom. The summed E-state index contributed by atoms with van der Waals surface area (Å²) in [7, 11) is 0. The molecule has 6 rings (SSSR count). The third-order valence-electron chi connectivity index (χ3n) is 6.35. The van der Waals surface area contributed by atoms with Crippen molar-refractivity contribution in [2.24, 2.45) is 11.8 Å². The van der Waals surface area contributed by atoms with Gasteiger partial charge in [-0.25, -0.2) is 13.9 Å². The van der Waals surface area contributed by atoms with Crippen molar-refractivity contribution in [2.45, 2.75) is 6.92 Å². The Labute approximate surface area is 187 Å². The van der Waals surface area contributed by atoms with E-state index in [-0.39, 0.29) is 11.5 Å². The van der Waals surface area contributed by atoms with Crippen molar-refractivity contribution in [3.05, 3.63) is 59.2 Å². The van der Waals surface area contributed by atoms with Crippen molar-refractivity contribution in [1.82, 2.24) is 29.5 Å². The standard InChI is InChI=1S/C22H20FN7OS/c1-13-26-22(27-18-5-6-25-30(13)18)29-11-14-9-28(10-15(14)12-29)21(31)19-16(3-2-4-17(19)23)20-24-7-8-32-20/h2-8,14-15H,9-12H2,1H3/t14-,15+. The third kappa shape index (κ3) is 3.05. The van der Waals surface area contributed by atoms with Gasteiger partial charge in [-0.05, 0) is 13.0 Å². The van der Waals surface area contributed by atoms with Crippen LogP contribution in [0.3, 0.4) is 0 Å². The number of carbonyl (C=O) groups is 1. The van der Waals surface area contributed by atoms with Crippen LogP contribution in [0.25, 0.3) is 16.2 Å². The molecule has 0 unspecified atom stereocenters. The van der Waals surface area contributed by atoms with Gasteiger partial charge in [-0.3, -0.25) is 4.79 Å². The zero-order valence-electron chi connectivity index (χ0n) is 17.3. The van der Waals surface area contributed by atoms with Crippen LogP contribution in [0.4, 0.5) is 10.3 Å². The molecule has 10 heteroatoms. The Balaban J connectivity index is 1.22. The van der Waals surface area contributed by atoms with Gasteiger partial charge in [0, 0.05) is 61.2 Å². The van der Waals surface area contributed by atoms with Crippen molar-refractivity contribution in [1.29, 1.82) is 0 Å². The highest BCUT2D eigenvalue weighted by atomic mass is 32.1. The lowest BCUT2D eigenvalue weighted by Gasteiger charge is -2.23. The van der Waals surface area contributed by atoms with Crippen LogP contribution in [0.5, 0.6) is 0 Å². The van der Waals surface area contributed by atoms with Gasteiger partial charge in [-0.15, -0.1) is 11.3 Å². The molecule has 4 aromatic rings. The molecule has 0 radical (unpaired) electrons. The van der Waals surface area contributed by atoms with Gasteiger partial charge in [0.25, 0.3) is 5.91 Å². The minimum Gasteiger partial charge on any atom is -0.340 e. The molecule has 32 heavy (non-hydrogen) atoms. The molecule has 2 fully saturated rings. The molecule has 1 aromatic carbocycles. The van der Waals surface area contributed by atoms with E-state index >= 15 is 0 Å². The van der Waals surface area contributed by atoms with Gasteiger partial charge in [0.15, 0.2) is 5.65 Å². The number of rotatable bonds is 3. The number of aromatic nitrogens is 5. The quantitative estimate of drug-likeness (QED) is 0.479. The van der Waals surface area contributed by atoms with Crippen LogP contribution in [0.1, 0.15) is 16.2 Å². The summed E-state index contributed by atoms with van der Waals surface area (Å²) in [4.78, 5) is 30.8. The summed E-state index contributed by atoms with van der Waals surface area (Å²) in [5.74, 6) is 1.33. The fraction of sp³-hybridized carbons (Fsp3) is 0.318. The van der Waals surface area contributed by atoms with E-state index in [1.807, 2.05) is 18.4 Å². The molecule has 2 saturated heterocycles. The molecule has 0 bridgehead atoms. The molecule has 2 aliphatic rings. The molecule has 2 aliphatic heterocycles. The maximum absolute atomic E-state index is 14.8. The molecule has 5 heterocycles. The third-order valence-corrected chi connectivity index (χ3v) is 7.16. The second kappa shape index (κ2) is 7.33. The number of likely N-dealkylation sites (tertiary alicyclic amines) is 1. The lowest BCUT2D eigenvalue weighted by atomic mass is 10.0. The molecule has 1 amide bonds. The maximum Gasteiger partial charge on any atom is 0.257 e. The van der Waals surface area contributed by atoms with Crippen molar-refractivity contribution in [2.75, 3.05) is 31.1 Å². The van der Waals surface area contributed by atoms with Crippen molar-refractivity contribution < 1.29 is 9.18 Å². The number of nitrogens with zero attached hydrogens (tertiary/aromatic N) is 7. The number of halogens is 1. The van der Waals surface area contributed by atoms with Gasteiger partial charge in [0.2, 0.25) is 5.95 Å². The van der Waals surface area contributed by atoms with Crippen molar-refractivity contribution >= 4 is 28.8 Å². The van der Waals surface area contributed by atoms with E-state index in [2.05, 4.69) is 25.0 Å². The van der Waals surface area contributed by atoms with Gasteiger partial charge in [-0.1, -0.05) is 12.1 Å². The smallest absolute Gasteiger partial charge is 0.257 e. The van der Waals surface area contributed by atoms with Gasteiger partial charge in [0.1, 0.15) is 16.6 Å². The van der Waals surface area contributed by atoms with Gasteiger partial charge in [0.05, 0.1) is 11.8 Å². The Morgan fingerprint density at radius 3 is 2.66 bits per heavy atom. The van der Waals surface area contributed by atoms with Gasteiger partial charge >= 0.3 is 0 Å². The van der Waals surface area contributed by atoms with Crippen LogP contribution >= 0.6 is 11.3 Å². The first-order valence-electron chi connectivity index (χ1n) is 10.5. The second-order valence-corrected chi connectivity index (χ2v) is 9.20. The topological polar surface area (TPSA) is 79.5 Å². The van der Waals surface area contributed by atoms with E-state index in [0.29, 0.717) is 41.4 Å². The highest BCUT2D eigenvalue weighted by Gasteiger charge is 2.43. The molecular formula is C22H20FN7OS. The molecule has 2 atom stereocenters. The number of carbonyl (C=O) groups excluding carboxylic acids is 1. The number of aryl methyl sites for hydroxylation is 1. The summed E-state index contributed by atoms with van der Waals surface area (Å²) in [5, 5.41) is 6.71. The zero-order chi connectivity index (χ0) is 21.8. The van der Waals surface area contributed by atoms with E-state index < -0.39 is 5.82 Å². The van der Waals surface area contributed by atoms with E-state index in [1.54, 1.807) is 33.9 Å². The molecule has 3 aromatic heterocycles. The average Bonchev–Trinajstić information content (AvgIpc) is 3.56. The number of benzene rings is 1. The van der Waals surface area contributed by atoms with Crippen LogP contribution in [0.15, 0.2) is 42.0 Å². The largest absolute Gasteiger partial charge is 0.340 e. The number of thiazole rings is 1. The predicted molar refractivity (Wildman–Crippen MR) is 118 cm³/mol. The van der Waals surface area contributed by atoms with Crippen LogP contribution in [-0.4, -0.2) is 61.6 Å². The Hall–Kier alpha value is -3.40. The van der Waals surface area contributed by atoms with Crippen LogP contribution in [0.2, 0.25) is 0 Å². The lowest BCUT2D eigenvalue weighted by molar-refractivity contribution is 0.0778. The SMILES string of the molecule is Cc1nc(N2C[C@H]3CN(C(=O)c4c(F)cccc4-c4nccs4)C[C@H]3C2)nc2ccnn12. The fourth-order valence-corrected chi connectivity index (χ4v) is 5.52. The van der Waals surface area contributed by atoms with E-state index in [0.717, 1.165) is 24.6 Å². The number of fused-ring (bicyclic) bond motifs is 2. The average molecular weight is 450 g/mol. The summed E-state index contributed by atoms with van der Waals surface area (Å²) in [6.07, 6.45) is 3.38. The Morgan fingerprint density at radius 2 is 1.91 bits per heavy atom. The molecule has 0 N–H and O–H groups in total. The molecule has 0 saturated carbocycles. The predicted octanol–water partition coefficient (Wildman–Crippen LogP) is 2.90. The summed E-state index contributed by atoms with van der Waals surface area (Å²) in [6.45, 7) is 4.65. The number of hydrogen-bond acceptors (Lipinski definition) is 7. The highest BCUT2D eigenvalue weighted by molar-refractivity contribution is 7.13. The van der Waals surface area contributed by atoms with Gasteiger partial charge in [-0.2, -0.15) is 15.1 Å². The van der Waals surface area contributed by atoms with E-state index in [9.17, 15) is 9.18 Å². The zero-order valence-corrected chi connectivity index (χ0v) is 18.2. The summed E-state index contributed by atoms with van der Waals surface area (Å²) < 4.78 is 16.5. The number of amides is 1. The number of anilines is 1. The highest BCUT2D eigenvalue weighted by Crippen LogP contribution is 2.35. The minimum atomic E-state index is -0.501. The Bertz CT molecular complexity index is 1310. The first kappa shape index (κ1) is 19.3. The van der Waals surface area contributed by atoms with Crippen LogP contribution in [0, 0.1) is 24.6 Å². The fourth-order valence-electron chi connectivity index (χ4n) is 4.85. The Kier molecular flexibility index (Phi) is 4.42. The molecule has 162 valence electrons. The summed E-state index contributed by atoms with van der Waals surface area (Å²) >= 11 is 1.40. The van der Waals surface area contributed by atoms with Crippen molar-refractivity contribution in [3.8, 4) is 10.6 Å². The van der Waals surface area contributed by atoms with Crippen LogP contribution < -0.4 is 4.90 Å². The van der Waals surface area contributed by atoms with E-state index in [1.165, 1.54) is 17.4 Å². The molecule has 8 nitrogen and oxygen atoms in total. The monoisotopic (exact) mass is 449 g/mol. The normalized spacial score (nSPS) is 20.3. The van der Waals surface area contributed by atoms with Gasteiger partial charge < -0.3 is 9.80 Å². The van der Waals surface area contributed by atoms with Crippen LogP contribution in [-0.2, 0) is 0 Å². The first-order valence-corrected chi connectivity index (χ1v) is 11.4. The summed E-state index contributed by atoms with van der Waals surface area (Å²) in [5.41, 5.74) is 1.45. The molecular weight excluding hydrogens is 429 g/mol. The second-order valence-electron chi connectivity index (χ2n) is 8.31. The first-order chi connectivity index (χ1) is 15.6. The number of hydrogen-bond donors (Lipinski definition) is 0. The lowest BCUT2D eigenvalue weighted by Crippen LogP contribution is -2.34. The summed E-state index contributed by atoms with van der Waals surface area (Å²) in [6, 6.07) is 6.60. The minimum absolute atomic E-state index is 0.115. The maximum atomic E-state index is 14.8. The molecule has 0 aliphatic carbocycles. The molecule has 0 spiro atoms.